The monoisotopic (exact) mass is 314 g/mol. The quantitative estimate of drug-likeness (QED) is 0.800. The van der Waals surface area contributed by atoms with Crippen molar-refractivity contribution in [2.45, 2.75) is 26.7 Å². The van der Waals surface area contributed by atoms with Crippen molar-refractivity contribution in [3.8, 4) is 0 Å². The lowest BCUT2D eigenvalue weighted by Gasteiger charge is -2.22. The predicted octanol–water partition coefficient (Wildman–Crippen LogP) is 0.654. The SMILES string of the molecule is CC(C)CNCC(Cc1cn(C)nn1)C1CCS(=O)(=O)C1. The maximum Gasteiger partial charge on any atom is 0.150 e. The van der Waals surface area contributed by atoms with Gasteiger partial charge in [0.15, 0.2) is 9.84 Å². The molecule has 2 unspecified atom stereocenters. The van der Waals surface area contributed by atoms with E-state index < -0.39 is 9.84 Å². The molecule has 0 radical (unpaired) electrons. The fourth-order valence-electron chi connectivity index (χ4n) is 2.92. The van der Waals surface area contributed by atoms with Crippen LogP contribution in [0.15, 0.2) is 6.20 Å². The standard InChI is InChI=1S/C14H26N4O2S/c1-11(2)7-15-8-13(6-14-9-18(3)17-16-14)12-4-5-21(19,20)10-12/h9,11-13,15H,4-8,10H2,1-3H3. The highest BCUT2D eigenvalue weighted by atomic mass is 32.2. The lowest BCUT2D eigenvalue weighted by molar-refractivity contribution is 0.334. The zero-order valence-electron chi connectivity index (χ0n) is 13.1. The molecule has 1 aliphatic rings. The second kappa shape index (κ2) is 6.87. The molecule has 2 atom stereocenters. The number of aryl methyl sites for hydroxylation is 1. The van der Waals surface area contributed by atoms with Crippen molar-refractivity contribution in [2.75, 3.05) is 24.6 Å². The summed E-state index contributed by atoms with van der Waals surface area (Å²) in [6.45, 7) is 6.14. The third kappa shape index (κ3) is 5.07. The Kier molecular flexibility index (Phi) is 5.37. The molecular formula is C14H26N4O2S. The summed E-state index contributed by atoms with van der Waals surface area (Å²) >= 11 is 0. The second-order valence-electron chi connectivity index (χ2n) is 6.56. The first kappa shape index (κ1) is 16.4. The first-order chi connectivity index (χ1) is 9.85. The molecule has 1 saturated heterocycles. The Morgan fingerprint density at radius 3 is 2.71 bits per heavy atom. The van der Waals surface area contributed by atoms with E-state index in [0.29, 0.717) is 23.3 Å². The summed E-state index contributed by atoms with van der Waals surface area (Å²) in [7, 11) is -0.988. The molecule has 0 bridgehead atoms. The van der Waals surface area contributed by atoms with Gasteiger partial charge in [-0.25, -0.2) is 8.42 Å². The molecule has 0 amide bonds. The van der Waals surface area contributed by atoms with Gasteiger partial charge in [-0.15, -0.1) is 5.10 Å². The van der Waals surface area contributed by atoms with E-state index in [9.17, 15) is 8.42 Å². The van der Waals surface area contributed by atoms with E-state index in [1.807, 2.05) is 13.2 Å². The van der Waals surface area contributed by atoms with Crippen molar-refractivity contribution in [3.05, 3.63) is 11.9 Å². The van der Waals surface area contributed by atoms with Crippen LogP contribution < -0.4 is 5.32 Å². The summed E-state index contributed by atoms with van der Waals surface area (Å²) in [5.74, 6) is 1.78. The van der Waals surface area contributed by atoms with Crippen LogP contribution in [0.4, 0.5) is 0 Å². The van der Waals surface area contributed by atoms with E-state index in [2.05, 4.69) is 29.5 Å². The van der Waals surface area contributed by atoms with Crippen molar-refractivity contribution >= 4 is 9.84 Å². The van der Waals surface area contributed by atoms with Crippen molar-refractivity contribution in [3.63, 3.8) is 0 Å². The fraction of sp³-hybridized carbons (Fsp3) is 0.857. The summed E-state index contributed by atoms with van der Waals surface area (Å²) in [4.78, 5) is 0. The molecule has 1 aromatic heterocycles. The minimum atomic E-state index is -2.84. The van der Waals surface area contributed by atoms with E-state index in [4.69, 9.17) is 0 Å². The predicted molar refractivity (Wildman–Crippen MR) is 82.7 cm³/mol. The number of rotatable bonds is 7. The van der Waals surface area contributed by atoms with Crippen LogP contribution >= 0.6 is 0 Å². The maximum atomic E-state index is 11.7. The van der Waals surface area contributed by atoms with Gasteiger partial charge in [0.1, 0.15) is 0 Å². The number of hydrogen-bond acceptors (Lipinski definition) is 5. The fourth-order valence-corrected chi connectivity index (χ4v) is 4.84. The van der Waals surface area contributed by atoms with Gasteiger partial charge in [-0.05, 0) is 43.7 Å². The van der Waals surface area contributed by atoms with Crippen LogP contribution in [0.25, 0.3) is 0 Å². The van der Waals surface area contributed by atoms with Crippen LogP contribution in [0.5, 0.6) is 0 Å². The Bertz CT molecular complexity index is 553. The third-order valence-corrected chi connectivity index (χ3v) is 5.81. The largest absolute Gasteiger partial charge is 0.316 e. The molecular weight excluding hydrogens is 288 g/mol. The molecule has 1 N–H and O–H groups in total. The van der Waals surface area contributed by atoms with Gasteiger partial charge in [0.05, 0.1) is 17.2 Å². The zero-order valence-corrected chi connectivity index (χ0v) is 13.9. The average molecular weight is 314 g/mol. The van der Waals surface area contributed by atoms with Gasteiger partial charge in [-0.2, -0.15) is 0 Å². The smallest absolute Gasteiger partial charge is 0.150 e. The molecule has 1 fully saturated rings. The Morgan fingerprint density at radius 1 is 1.43 bits per heavy atom. The number of nitrogens with one attached hydrogen (secondary N) is 1. The number of sulfone groups is 1. The van der Waals surface area contributed by atoms with Crippen LogP contribution in [0, 0.1) is 17.8 Å². The minimum Gasteiger partial charge on any atom is -0.316 e. The summed E-state index contributed by atoms with van der Waals surface area (Å²) in [5.41, 5.74) is 0.943. The molecule has 0 spiro atoms. The van der Waals surface area contributed by atoms with Gasteiger partial charge in [-0.1, -0.05) is 19.1 Å². The Balaban J connectivity index is 1.99. The first-order valence-corrected chi connectivity index (χ1v) is 9.44. The van der Waals surface area contributed by atoms with Crippen LogP contribution in [0.1, 0.15) is 26.0 Å². The topological polar surface area (TPSA) is 76.9 Å². The summed E-state index contributed by atoms with van der Waals surface area (Å²) < 4.78 is 25.2. The highest BCUT2D eigenvalue weighted by molar-refractivity contribution is 7.91. The third-order valence-electron chi connectivity index (χ3n) is 4.01. The summed E-state index contributed by atoms with van der Waals surface area (Å²) in [6, 6.07) is 0. The van der Waals surface area contributed by atoms with E-state index in [-0.39, 0.29) is 5.92 Å². The summed E-state index contributed by atoms with van der Waals surface area (Å²) in [6.07, 6.45) is 3.48. The number of hydrogen-bond donors (Lipinski definition) is 1. The second-order valence-corrected chi connectivity index (χ2v) is 8.79. The molecule has 0 saturated carbocycles. The molecule has 7 heteroatoms. The molecule has 1 aromatic rings. The van der Waals surface area contributed by atoms with Gasteiger partial charge in [0.2, 0.25) is 0 Å². The van der Waals surface area contributed by atoms with Gasteiger partial charge in [0.25, 0.3) is 0 Å². The van der Waals surface area contributed by atoms with Gasteiger partial charge < -0.3 is 5.32 Å². The van der Waals surface area contributed by atoms with Crippen LogP contribution in [0.3, 0.4) is 0 Å². The van der Waals surface area contributed by atoms with E-state index >= 15 is 0 Å². The minimum absolute atomic E-state index is 0.233. The van der Waals surface area contributed by atoms with Crippen molar-refractivity contribution in [1.82, 2.24) is 20.3 Å². The van der Waals surface area contributed by atoms with Crippen LogP contribution in [-0.4, -0.2) is 48.0 Å². The normalized spacial score (nSPS) is 22.8. The van der Waals surface area contributed by atoms with Crippen molar-refractivity contribution < 1.29 is 8.42 Å². The molecule has 2 rings (SSSR count). The average Bonchev–Trinajstić information content (AvgIpc) is 2.93. The zero-order chi connectivity index (χ0) is 15.5. The summed E-state index contributed by atoms with van der Waals surface area (Å²) in [5, 5.41) is 11.6. The first-order valence-electron chi connectivity index (χ1n) is 7.62. The van der Waals surface area contributed by atoms with Crippen molar-refractivity contribution in [1.29, 1.82) is 0 Å². The number of nitrogens with zero attached hydrogens (tertiary/aromatic N) is 3. The molecule has 120 valence electrons. The van der Waals surface area contributed by atoms with Crippen LogP contribution in [0.2, 0.25) is 0 Å². The molecule has 0 aliphatic carbocycles. The van der Waals surface area contributed by atoms with Gasteiger partial charge in [-0.3, -0.25) is 4.68 Å². The van der Waals surface area contributed by atoms with E-state index in [0.717, 1.165) is 31.6 Å². The number of aromatic nitrogens is 3. The highest BCUT2D eigenvalue weighted by Crippen LogP contribution is 2.28. The Hall–Kier alpha value is -0.950. The van der Waals surface area contributed by atoms with Gasteiger partial charge >= 0.3 is 0 Å². The van der Waals surface area contributed by atoms with Crippen molar-refractivity contribution in [2.24, 2.45) is 24.8 Å². The molecule has 1 aliphatic heterocycles. The van der Waals surface area contributed by atoms with Crippen LogP contribution in [-0.2, 0) is 23.3 Å². The maximum absolute atomic E-state index is 11.7. The molecule has 21 heavy (non-hydrogen) atoms. The van der Waals surface area contributed by atoms with Gasteiger partial charge in [0, 0.05) is 13.2 Å². The Labute approximate surface area is 127 Å². The lowest BCUT2D eigenvalue weighted by atomic mass is 9.88. The van der Waals surface area contributed by atoms with E-state index in [1.165, 1.54) is 0 Å². The Morgan fingerprint density at radius 2 is 2.19 bits per heavy atom. The lowest BCUT2D eigenvalue weighted by Crippen LogP contribution is -2.32. The highest BCUT2D eigenvalue weighted by Gasteiger charge is 2.33. The molecule has 2 heterocycles. The molecule has 6 nitrogen and oxygen atoms in total. The van der Waals surface area contributed by atoms with E-state index in [1.54, 1.807) is 4.68 Å². The molecule has 0 aromatic carbocycles.